The highest BCUT2D eigenvalue weighted by Crippen LogP contribution is 2.59. The maximum absolute atomic E-state index is 13.1. The molecule has 1 saturated heterocycles. The summed E-state index contributed by atoms with van der Waals surface area (Å²) < 4.78 is 5.83. The Hall–Kier alpha value is -2.74. The Morgan fingerprint density at radius 3 is 2.77 bits per heavy atom. The largest absolute Gasteiger partial charge is 0.508 e. The minimum atomic E-state index is -1.36. The van der Waals surface area contributed by atoms with Crippen molar-refractivity contribution in [2.75, 3.05) is 11.6 Å². The number of carbonyl (C=O) groups excluding carboxylic acids is 2. The van der Waals surface area contributed by atoms with Crippen LogP contribution in [0.4, 0.5) is 5.69 Å². The fourth-order valence-corrected chi connectivity index (χ4v) is 5.72. The van der Waals surface area contributed by atoms with Crippen LogP contribution in [0.5, 0.6) is 5.75 Å². The third kappa shape index (κ3) is 2.14. The van der Waals surface area contributed by atoms with Gasteiger partial charge in [-0.15, -0.1) is 5.11 Å². The number of esters is 1. The molecular formula is C22H25N3O5. The van der Waals surface area contributed by atoms with Crippen LogP contribution in [-0.2, 0) is 14.3 Å². The van der Waals surface area contributed by atoms with E-state index in [1.165, 1.54) is 6.08 Å². The molecule has 0 radical (unpaired) electrons. The van der Waals surface area contributed by atoms with Crippen molar-refractivity contribution in [1.82, 2.24) is 0 Å². The first-order valence-corrected chi connectivity index (χ1v) is 10.3. The van der Waals surface area contributed by atoms with Gasteiger partial charge in [0.1, 0.15) is 17.5 Å². The topological polar surface area (TPSA) is 112 Å². The molecule has 0 aromatic heterocycles. The fraction of sp³-hybridized carbons (Fsp3) is 0.545. The molecule has 158 valence electrons. The molecule has 1 spiro atoms. The number of hydrogen-bond acceptors (Lipinski definition) is 8. The van der Waals surface area contributed by atoms with Gasteiger partial charge in [-0.1, -0.05) is 12.1 Å². The molecule has 1 aromatic rings. The number of phenols is 1. The van der Waals surface area contributed by atoms with Crippen LogP contribution in [0.3, 0.4) is 0 Å². The third-order valence-electron chi connectivity index (χ3n) is 7.83. The number of carbonyl (C=O) groups is 2. The summed E-state index contributed by atoms with van der Waals surface area (Å²) in [5.74, 6) is -1.08. The van der Waals surface area contributed by atoms with Gasteiger partial charge in [0.2, 0.25) is 5.54 Å². The molecular weight excluding hydrogens is 386 g/mol. The van der Waals surface area contributed by atoms with E-state index in [2.05, 4.69) is 10.3 Å². The number of ketones is 1. The number of aromatic hydroxyl groups is 1. The summed E-state index contributed by atoms with van der Waals surface area (Å²) in [7, 11) is 0. The van der Waals surface area contributed by atoms with Gasteiger partial charge in [0.15, 0.2) is 5.78 Å². The first-order valence-electron chi connectivity index (χ1n) is 10.3. The number of anilines is 1. The Bertz CT molecular complexity index is 1020. The summed E-state index contributed by atoms with van der Waals surface area (Å²) in [6.07, 6.45) is 3.44. The first-order chi connectivity index (χ1) is 14.1. The third-order valence-corrected chi connectivity index (χ3v) is 7.83. The monoisotopic (exact) mass is 411 g/mol. The van der Waals surface area contributed by atoms with Crippen molar-refractivity contribution in [1.29, 1.82) is 0 Å². The summed E-state index contributed by atoms with van der Waals surface area (Å²) in [6.45, 7) is 5.61. The number of aliphatic hydroxyl groups is 1. The number of fused-ring (bicyclic) bond motifs is 4. The lowest BCUT2D eigenvalue weighted by Crippen LogP contribution is -2.57. The highest BCUT2D eigenvalue weighted by Gasteiger charge is 2.72. The fourth-order valence-electron chi connectivity index (χ4n) is 5.72. The summed E-state index contributed by atoms with van der Waals surface area (Å²) >= 11 is 0. The van der Waals surface area contributed by atoms with Crippen molar-refractivity contribution in [2.24, 2.45) is 27.6 Å². The number of rotatable bonds is 1. The smallest absolute Gasteiger partial charge is 0.338 e. The second-order valence-electron chi connectivity index (χ2n) is 9.28. The van der Waals surface area contributed by atoms with E-state index in [-0.39, 0.29) is 29.9 Å². The second kappa shape index (κ2) is 5.91. The predicted octanol–water partition coefficient (Wildman–Crippen LogP) is 2.47. The quantitative estimate of drug-likeness (QED) is 0.687. The zero-order valence-corrected chi connectivity index (χ0v) is 17.2. The standard InChI is InChI=1S/C22H25N3O5/c1-12-10-14(5-7-16(12)26)25-11-21(23-24-25)15-6-4-13(2)22(29)9-8-17(27)20(22,3)18(15)30-19(21)28/h5,7-10,13,15,18,26,29H,4,6,11H2,1-3H3/t13-,15?,18?,20-,21?,22+/m0/s1. The van der Waals surface area contributed by atoms with Crippen LogP contribution in [0, 0.1) is 24.2 Å². The Morgan fingerprint density at radius 1 is 1.27 bits per heavy atom. The minimum absolute atomic E-state index is 0.166. The van der Waals surface area contributed by atoms with Crippen LogP contribution in [-0.4, -0.2) is 45.8 Å². The first kappa shape index (κ1) is 19.2. The van der Waals surface area contributed by atoms with Gasteiger partial charge in [-0.05, 0) is 68.5 Å². The Labute approximate surface area is 174 Å². The summed E-state index contributed by atoms with van der Waals surface area (Å²) in [6, 6.07) is 5.08. The highest BCUT2D eigenvalue weighted by molar-refractivity contribution is 6.00. The average molecular weight is 411 g/mol. The Balaban J connectivity index is 1.53. The van der Waals surface area contributed by atoms with Gasteiger partial charge in [-0.2, -0.15) is 0 Å². The van der Waals surface area contributed by atoms with Crippen molar-refractivity contribution in [3.05, 3.63) is 35.9 Å². The van der Waals surface area contributed by atoms with Gasteiger partial charge in [0, 0.05) is 5.92 Å². The van der Waals surface area contributed by atoms with E-state index >= 15 is 0 Å². The van der Waals surface area contributed by atoms with E-state index in [0.717, 1.165) is 0 Å². The summed E-state index contributed by atoms with van der Waals surface area (Å²) in [4.78, 5) is 26.1. The number of hydrogen-bond donors (Lipinski definition) is 2. The van der Waals surface area contributed by atoms with Gasteiger partial charge in [-0.25, -0.2) is 9.80 Å². The molecule has 5 rings (SSSR count). The molecule has 1 aromatic carbocycles. The van der Waals surface area contributed by atoms with E-state index in [4.69, 9.17) is 4.74 Å². The van der Waals surface area contributed by atoms with Crippen LogP contribution >= 0.6 is 0 Å². The molecule has 1 saturated carbocycles. The molecule has 2 aliphatic carbocycles. The number of ether oxygens (including phenoxy) is 1. The van der Waals surface area contributed by atoms with Crippen LogP contribution in [0.15, 0.2) is 40.7 Å². The molecule has 2 aliphatic heterocycles. The summed E-state index contributed by atoms with van der Waals surface area (Å²) in [5, 5.41) is 31.5. The van der Waals surface area contributed by atoms with Crippen LogP contribution < -0.4 is 5.01 Å². The number of aryl methyl sites for hydroxylation is 1. The highest BCUT2D eigenvalue weighted by atomic mass is 16.6. The number of phenolic OH excluding ortho intramolecular Hbond substituents is 1. The molecule has 30 heavy (non-hydrogen) atoms. The molecule has 8 heteroatoms. The number of allylic oxidation sites excluding steroid dienone is 1. The zero-order chi connectivity index (χ0) is 21.5. The second-order valence-corrected chi connectivity index (χ2v) is 9.28. The molecule has 6 atom stereocenters. The van der Waals surface area contributed by atoms with Crippen molar-refractivity contribution >= 4 is 17.4 Å². The molecule has 4 aliphatic rings. The van der Waals surface area contributed by atoms with E-state index in [9.17, 15) is 19.8 Å². The maximum Gasteiger partial charge on any atom is 0.338 e. The van der Waals surface area contributed by atoms with E-state index in [1.54, 1.807) is 43.1 Å². The van der Waals surface area contributed by atoms with Gasteiger partial charge >= 0.3 is 5.97 Å². The SMILES string of the molecule is Cc1cc(N2CC3(N=N2)C(=O)OC2C3CC[C@H](C)[C@]3(O)C=CC(=O)[C@@]23C)ccc1O. The molecule has 2 N–H and O–H groups in total. The summed E-state index contributed by atoms with van der Waals surface area (Å²) in [5.41, 5.74) is -2.42. The van der Waals surface area contributed by atoms with Crippen molar-refractivity contribution in [2.45, 2.75) is 50.9 Å². The zero-order valence-electron chi connectivity index (χ0n) is 17.2. The molecule has 3 unspecified atom stereocenters. The van der Waals surface area contributed by atoms with Crippen LogP contribution in [0.2, 0.25) is 0 Å². The Morgan fingerprint density at radius 2 is 2.03 bits per heavy atom. The maximum atomic E-state index is 13.1. The van der Waals surface area contributed by atoms with E-state index in [1.807, 2.05) is 6.92 Å². The van der Waals surface area contributed by atoms with Crippen molar-refractivity contribution in [3.8, 4) is 5.75 Å². The molecule has 0 bridgehead atoms. The van der Waals surface area contributed by atoms with Gasteiger partial charge in [0.05, 0.1) is 17.6 Å². The number of nitrogens with zero attached hydrogens (tertiary/aromatic N) is 3. The lowest BCUT2D eigenvalue weighted by Gasteiger charge is -2.43. The molecule has 8 nitrogen and oxygen atoms in total. The normalized spacial score (nSPS) is 41.9. The minimum Gasteiger partial charge on any atom is -0.508 e. The van der Waals surface area contributed by atoms with Crippen LogP contribution in [0.25, 0.3) is 0 Å². The lowest BCUT2D eigenvalue weighted by atomic mass is 9.63. The molecule has 0 amide bonds. The Kier molecular flexibility index (Phi) is 3.79. The lowest BCUT2D eigenvalue weighted by molar-refractivity contribution is -0.166. The molecule has 2 heterocycles. The number of benzene rings is 1. The average Bonchev–Trinajstić information content (AvgIpc) is 3.33. The molecule has 2 fully saturated rings. The van der Waals surface area contributed by atoms with Crippen molar-refractivity contribution < 1.29 is 24.5 Å². The van der Waals surface area contributed by atoms with E-state index in [0.29, 0.717) is 24.1 Å². The van der Waals surface area contributed by atoms with Gasteiger partial charge in [-0.3, -0.25) is 4.79 Å². The predicted molar refractivity (Wildman–Crippen MR) is 107 cm³/mol. The van der Waals surface area contributed by atoms with Crippen molar-refractivity contribution in [3.63, 3.8) is 0 Å². The van der Waals surface area contributed by atoms with E-state index < -0.39 is 28.6 Å². The van der Waals surface area contributed by atoms with Gasteiger partial charge in [0.25, 0.3) is 0 Å². The van der Waals surface area contributed by atoms with Crippen LogP contribution in [0.1, 0.15) is 32.3 Å². The van der Waals surface area contributed by atoms with Gasteiger partial charge < -0.3 is 14.9 Å².